The molecule has 0 spiro atoms. The summed E-state index contributed by atoms with van der Waals surface area (Å²) < 4.78 is 75.6. The lowest BCUT2D eigenvalue weighted by molar-refractivity contribution is -0.144. The molecule has 1 aromatic heterocycles. The zero-order chi connectivity index (χ0) is 24.5. The van der Waals surface area contributed by atoms with Crippen LogP contribution in [-0.4, -0.2) is 33.8 Å². The molecule has 0 fully saturated rings. The molecule has 3 aromatic rings. The Hall–Kier alpha value is -3.17. The van der Waals surface area contributed by atoms with E-state index >= 15 is 0 Å². The van der Waals surface area contributed by atoms with Gasteiger partial charge in [-0.05, 0) is 51.1 Å². The van der Waals surface area contributed by atoms with Crippen molar-refractivity contribution in [3.8, 4) is 5.75 Å². The van der Waals surface area contributed by atoms with Crippen molar-refractivity contribution in [1.29, 1.82) is 0 Å². The number of benzene rings is 2. The van der Waals surface area contributed by atoms with Crippen LogP contribution in [0.1, 0.15) is 45.4 Å². The van der Waals surface area contributed by atoms with Gasteiger partial charge in [0, 0.05) is 23.9 Å². The minimum absolute atomic E-state index is 0.00962. The fraction of sp³-hybridized carbons (Fsp3) is 0.391. The van der Waals surface area contributed by atoms with Crippen molar-refractivity contribution < 1.29 is 31.5 Å². The third-order valence-electron chi connectivity index (χ3n) is 5.31. The highest BCUT2D eigenvalue weighted by molar-refractivity contribution is 5.83. The molecule has 4 atom stereocenters. The van der Waals surface area contributed by atoms with Crippen LogP contribution in [-0.2, 0) is 4.79 Å². The number of hydrogen-bond donors (Lipinski definition) is 1. The molecule has 1 heterocycles. The maximum Gasteiger partial charge on any atom is 0.321 e. The molecule has 0 saturated heterocycles. The van der Waals surface area contributed by atoms with Crippen molar-refractivity contribution in [3.63, 3.8) is 0 Å². The second-order valence-electron chi connectivity index (χ2n) is 8.12. The van der Waals surface area contributed by atoms with Crippen LogP contribution in [0.5, 0.6) is 5.75 Å². The first-order valence-electron chi connectivity index (χ1n) is 10.3. The maximum atomic E-state index is 13.8. The van der Waals surface area contributed by atoms with Gasteiger partial charge in [-0.3, -0.25) is 9.48 Å². The second kappa shape index (κ2) is 9.36. The van der Waals surface area contributed by atoms with Crippen molar-refractivity contribution in [3.05, 3.63) is 59.8 Å². The Morgan fingerprint density at radius 2 is 1.73 bits per heavy atom. The summed E-state index contributed by atoms with van der Waals surface area (Å²) in [6.45, 7) is 4.94. The van der Waals surface area contributed by atoms with E-state index in [4.69, 9.17) is 4.74 Å². The Morgan fingerprint density at radius 1 is 1.09 bits per heavy atom. The molecular formula is C23H24F5N3O2. The van der Waals surface area contributed by atoms with Gasteiger partial charge in [0.25, 0.3) is 5.91 Å². The number of fused-ring (bicyclic) bond motifs is 1. The number of carbonyl (C=O) groups is 1. The monoisotopic (exact) mass is 469 g/mol. The van der Waals surface area contributed by atoms with E-state index in [0.717, 1.165) is 12.1 Å². The lowest BCUT2D eigenvalue weighted by Gasteiger charge is -2.27. The maximum absolute atomic E-state index is 13.8. The summed E-state index contributed by atoms with van der Waals surface area (Å²) in [5.74, 6) is -6.73. The van der Waals surface area contributed by atoms with Gasteiger partial charge in [-0.1, -0.05) is 0 Å². The number of rotatable bonds is 8. The molecule has 0 aliphatic carbocycles. The molecule has 0 aliphatic heterocycles. The molecule has 2 aromatic carbocycles. The summed E-state index contributed by atoms with van der Waals surface area (Å²) in [6.07, 6.45) is -0.822. The van der Waals surface area contributed by atoms with Gasteiger partial charge in [-0.2, -0.15) is 13.9 Å². The van der Waals surface area contributed by atoms with Crippen LogP contribution >= 0.6 is 0 Å². The number of carbonyl (C=O) groups excluding carboxylic acids is 1. The predicted octanol–water partition coefficient (Wildman–Crippen LogP) is 5.51. The molecular weight excluding hydrogens is 445 g/mol. The van der Waals surface area contributed by atoms with Gasteiger partial charge < -0.3 is 10.1 Å². The first-order chi connectivity index (χ1) is 15.4. The van der Waals surface area contributed by atoms with Crippen LogP contribution in [0.25, 0.3) is 10.9 Å². The Balaban J connectivity index is 1.95. The highest BCUT2D eigenvalue weighted by Gasteiger charge is 2.35. The van der Waals surface area contributed by atoms with Crippen LogP contribution in [0.3, 0.4) is 0 Å². The van der Waals surface area contributed by atoms with Gasteiger partial charge >= 0.3 is 5.92 Å². The molecule has 0 radical (unpaired) electrons. The fourth-order valence-electron chi connectivity index (χ4n) is 3.38. The topological polar surface area (TPSA) is 56.1 Å². The minimum atomic E-state index is -3.65. The van der Waals surface area contributed by atoms with E-state index < -0.39 is 47.8 Å². The average Bonchev–Trinajstić information content (AvgIpc) is 3.12. The summed E-state index contributed by atoms with van der Waals surface area (Å²) >= 11 is 0. The second-order valence-corrected chi connectivity index (χ2v) is 8.12. The Morgan fingerprint density at radius 3 is 2.30 bits per heavy atom. The van der Waals surface area contributed by atoms with Gasteiger partial charge in [0.2, 0.25) is 0 Å². The minimum Gasteiger partial charge on any atom is -0.484 e. The van der Waals surface area contributed by atoms with E-state index in [0.29, 0.717) is 23.9 Å². The van der Waals surface area contributed by atoms with Crippen molar-refractivity contribution in [2.24, 2.45) is 0 Å². The van der Waals surface area contributed by atoms with E-state index in [-0.39, 0.29) is 11.3 Å². The van der Waals surface area contributed by atoms with Gasteiger partial charge in [0.1, 0.15) is 29.7 Å². The summed E-state index contributed by atoms with van der Waals surface area (Å²) in [5.41, 5.74) is 0.648. The molecule has 0 aliphatic rings. The third-order valence-corrected chi connectivity index (χ3v) is 5.31. The summed E-state index contributed by atoms with van der Waals surface area (Å²) in [5, 5.41) is 6.94. The quantitative estimate of drug-likeness (QED) is 0.443. The highest BCUT2D eigenvalue weighted by atomic mass is 19.3. The molecule has 1 amide bonds. The first kappa shape index (κ1) is 24.5. The number of halogens is 5. The summed E-state index contributed by atoms with van der Waals surface area (Å²) in [7, 11) is 0. The molecule has 5 nitrogen and oxygen atoms in total. The van der Waals surface area contributed by atoms with Crippen molar-refractivity contribution in [1.82, 2.24) is 15.1 Å². The van der Waals surface area contributed by atoms with E-state index in [2.05, 4.69) is 10.4 Å². The Kier molecular flexibility index (Phi) is 6.94. The Bertz CT molecular complexity index is 1120. The van der Waals surface area contributed by atoms with Gasteiger partial charge in [0.15, 0.2) is 0 Å². The van der Waals surface area contributed by atoms with Crippen molar-refractivity contribution >= 4 is 16.8 Å². The van der Waals surface area contributed by atoms with E-state index in [1.54, 1.807) is 25.1 Å². The molecule has 33 heavy (non-hydrogen) atoms. The number of alkyl halides is 3. The largest absolute Gasteiger partial charge is 0.484 e. The molecule has 3 rings (SSSR count). The van der Waals surface area contributed by atoms with Crippen LogP contribution < -0.4 is 10.1 Å². The molecule has 0 bridgehead atoms. The zero-order valence-electron chi connectivity index (χ0n) is 18.5. The van der Waals surface area contributed by atoms with Crippen molar-refractivity contribution in [2.75, 3.05) is 0 Å². The number of aromatic nitrogens is 2. The molecule has 0 saturated carbocycles. The number of nitrogens with zero attached hydrogens (tertiary/aromatic N) is 2. The van der Waals surface area contributed by atoms with Crippen LogP contribution in [0, 0.1) is 11.6 Å². The normalized spacial score (nSPS) is 15.7. The van der Waals surface area contributed by atoms with Crippen LogP contribution in [0.2, 0.25) is 0 Å². The van der Waals surface area contributed by atoms with E-state index in [9.17, 15) is 26.7 Å². The summed E-state index contributed by atoms with van der Waals surface area (Å²) in [4.78, 5) is 11.8. The van der Waals surface area contributed by atoms with E-state index in [1.165, 1.54) is 24.7 Å². The predicted molar refractivity (Wildman–Crippen MR) is 113 cm³/mol. The van der Waals surface area contributed by atoms with E-state index in [1.807, 2.05) is 0 Å². The first-order valence-corrected chi connectivity index (χ1v) is 10.3. The summed E-state index contributed by atoms with van der Waals surface area (Å²) in [6, 6.07) is 5.85. The smallest absolute Gasteiger partial charge is 0.321 e. The van der Waals surface area contributed by atoms with Gasteiger partial charge in [-0.15, -0.1) is 0 Å². The Labute approximate surface area is 187 Å². The molecule has 10 heteroatoms. The fourth-order valence-corrected chi connectivity index (χ4v) is 3.38. The van der Waals surface area contributed by atoms with Crippen LogP contribution in [0.4, 0.5) is 22.0 Å². The number of nitrogens with one attached hydrogen (secondary N) is 1. The van der Waals surface area contributed by atoms with Crippen molar-refractivity contribution in [2.45, 2.75) is 58.0 Å². The molecule has 1 N–H and O–H groups in total. The number of hydrogen-bond acceptors (Lipinski definition) is 3. The average molecular weight is 469 g/mol. The SMILES string of the molecule is CC(F)[C@H](C)n1ncc2cc(O[C@H](c3cc(F)cc(F)c3)[C@H](C)NC(=O)C(C)(F)F)ccc21. The highest BCUT2D eigenvalue weighted by Crippen LogP contribution is 2.30. The van der Waals surface area contributed by atoms with Crippen LogP contribution in [0.15, 0.2) is 42.6 Å². The number of ether oxygens (including phenoxy) is 1. The van der Waals surface area contributed by atoms with Gasteiger partial charge in [0.05, 0.1) is 23.8 Å². The standard InChI is InChI=1S/C23H24F5N3O2/c1-12(24)14(3)31-20-6-5-19(9-16(20)11-29-31)33-21(13(2)30-22(32)23(4,27)28)15-7-17(25)10-18(26)8-15/h5-14,21H,1-4H3,(H,30,32)/t12?,13-,14-,21-/m0/s1. The number of amides is 1. The molecule has 178 valence electrons. The zero-order valence-corrected chi connectivity index (χ0v) is 18.5. The lowest BCUT2D eigenvalue weighted by atomic mass is 10.0. The van der Waals surface area contributed by atoms with Gasteiger partial charge in [-0.25, -0.2) is 13.2 Å². The third kappa shape index (κ3) is 5.61. The molecule has 1 unspecified atom stereocenters. The lowest BCUT2D eigenvalue weighted by Crippen LogP contribution is -2.46.